The first-order valence-electron chi connectivity index (χ1n) is 6.05. The first-order valence-corrected chi connectivity index (χ1v) is 7.20. The van der Waals surface area contributed by atoms with Crippen molar-refractivity contribution in [1.29, 1.82) is 0 Å². The second kappa shape index (κ2) is 6.61. The lowest BCUT2D eigenvalue weighted by Crippen LogP contribution is -2.32. The molecule has 0 bridgehead atoms. The van der Waals surface area contributed by atoms with Crippen LogP contribution in [0, 0.1) is 0 Å². The number of carboxylic acid groups (broad SMARTS) is 1. The molecule has 3 nitrogen and oxygen atoms in total. The smallest absolute Gasteiger partial charge is 0.328 e. The topological polar surface area (TPSA) is 40.5 Å². The zero-order valence-electron chi connectivity index (χ0n) is 10.2. The molecule has 0 aliphatic carbocycles. The molecule has 4 heteroatoms. The Kier molecular flexibility index (Phi) is 4.84. The average molecular weight is 263 g/mol. The van der Waals surface area contributed by atoms with Crippen LogP contribution in [-0.2, 0) is 11.3 Å². The highest BCUT2D eigenvalue weighted by Gasteiger charge is 2.11. The van der Waals surface area contributed by atoms with Crippen molar-refractivity contribution in [2.45, 2.75) is 6.54 Å². The third-order valence-electron chi connectivity index (χ3n) is 2.96. The average Bonchev–Trinajstić information content (AvgIpc) is 2.39. The molecule has 1 aliphatic heterocycles. The van der Waals surface area contributed by atoms with Crippen LogP contribution < -0.4 is 0 Å². The van der Waals surface area contributed by atoms with Crippen LogP contribution in [0.3, 0.4) is 0 Å². The highest BCUT2D eigenvalue weighted by atomic mass is 32.2. The Morgan fingerprint density at radius 1 is 1.33 bits per heavy atom. The molecule has 1 N–H and O–H groups in total. The molecule has 0 unspecified atom stereocenters. The predicted octanol–water partition coefficient (Wildman–Crippen LogP) is 2.33. The first-order chi connectivity index (χ1) is 8.75. The largest absolute Gasteiger partial charge is 0.478 e. The van der Waals surface area contributed by atoms with Crippen LogP contribution in [0.25, 0.3) is 6.08 Å². The summed E-state index contributed by atoms with van der Waals surface area (Å²) in [6.45, 7) is 3.13. The minimum atomic E-state index is -0.904. The van der Waals surface area contributed by atoms with E-state index in [4.69, 9.17) is 5.11 Å². The van der Waals surface area contributed by atoms with Gasteiger partial charge in [-0.15, -0.1) is 0 Å². The van der Waals surface area contributed by atoms with Gasteiger partial charge in [-0.25, -0.2) is 4.79 Å². The maximum atomic E-state index is 10.6. The van der Waals surface area contributed by atoms with Crippen LogP contribution >= 0.6 is 11.8 Å². The molecule has 1 fully saturated rings. The van der Waals surface area contributed by atoms with Gasteiger partial charge in [-0.2, -0.15) is 11.8 Å². The lowest BCUT2D eigenvalue weighted by Gasteiger charge is -2.26. The number of carbonyl (C=O) groups is 1. The zero-order valence-corrected chi connectivity index (χ0v) is 11.0. The summed E-state index contributed by atoms with van der Waals surface area (Å²) in [6.07, 6.45) is 2.88. The van der Waals surface area contributed by atoms with Crippen LogP contribution in [0.4, 0.5) is 0 Å². The normalized spacial score (nSPS) is 17.1. The number of nitrogens with zero attached hydrogens (tertiary/aromatic N) is 1. The van der Waals surface area contributed by atoms with E-state index in [9.17, 15) is 4.79 Å². The van der Waals surface area contributed by atoms with Crippen molar-refractivity contribution in [2.75, 3.05) is 24.6 Å². The Morgan fingerprint density at radius 3 is 2.78 bits per heavy atom. The predicted molar refractivity (Wildman–Crippen MR) is 75.7 cm³/mol. The fourth-order valence-electron chi connectivity index (χ4n) is 2.00. The van der Waals surface area contributed by atoms with Crippen LogP contribution in [-0.4, -0.2) is 40.6 Å². The molecule has 0 spiro atoms. The molecule has 2 rings (SSSR count). The number of benzene rings is 1. The minimum Gasteiger partial charge on any atom is -0.478 e. The van der Waals surface area contributed by atoms with Gasteiger partial charge in [0.25, 0.3) is 0 Å². The summed E-state index contributed by atoms with van der Waals surface area (Å²) in [4.78, 5) is 13.0. The van der Waals surface area contributed by atoms with Gasteiger partial charge >= 0.3 is 5.97 Å². The number of aliphatic carboxylic acids is 1. The molecule has 1 aliphatic rings. The van der Waals surface area contributed by atoms with Crippen molar-refractivity contribution < 1.29 is 9.90 Å². The summed E-state index contributed by atoms with van der Waals surface area (Å²) in [5, 5.41) is 8.69. The van der Waals surface area contributed by atoms with Gasteiger partial charge in [0.2, 0.25) is 0 Å². The molecule has 1 saturated heterocycles. The van der Waals surface area contributed by atoms with E-state index in [1.165, 1.54) is 23.1 Å². The molecule has 0 atom stereocenters. The molecule has 18 heavy (non-hydrogen) atoms. The van der Waals surface area contributed by atoms with Crippen molar-refractivity contribution in [3.8, 4) is 0 Å². The molecule has 0 radical (unpaired) electrons. The van der Waals surface area contributed by atoms with Gasteiger partial charge in [-0.05, 0) is 17.2 Å². The Bertz CT molecular complexity index is 439. The molecule has 1 aromatic rings. The maximum Gasteiger partial charge on any atom is 0.328 e. The van der Waals surface area contributed by atoms with E-state index in [1.807, 2.05) is 30.0 Å². The summed E-state index contributed by atoms with van der Waals surface area (Å²) < 4.78 is 0. The van der Waals surface area contributed by atoms with E-state index < -0.39 is 5.97 Å². The third-order valence-corrected chi connectivity index (χ3v) is 3.90. The molecule has 0 saturated carbocycles. The van der Waals surface area contributed by atoms with Gasteiger partial charge in [0.1, 0.15) is 0 Å². The Morgan fingerprint density at radius 2 is 2.06 bits per heavy atom. The van der Waals surface area contributed by atoms with Crippen LogP contribution in [0.1, 0.15) is 11.1 Å². The number of thioether (sulfide) groups is 1. The van der Waals surface area contributed by atoms with Crippen LogP contribution in [0.15, 0.2) is 30.3 Å². The molecular formula is C14H17NO2S. The van der Waals surface area contributed by atoms with E-state index >= 15 is 0 Å². The highest BCUT2D eigenvalue weighted by molar-refractivity contribution is 7.99. The lowest BCUT2D eigenvalue weighted by molar-refractivity contribution is -0.131. The Balaban J connectivity index is 2.08. The number of hydrogen-bond donors (Lipinski definition) is 1. The van der Waals surface area contributed by atoms with Crippen molar-refractivity contribution >= 4 is 23.8 Å². The number of carboxylic acids is 1. The van der Waals surface area contributed by atoms with E-state index in [1.54, 1.807) is 6.08 Å². The zero-order chi connectivity index (χ0) is 12.8. The van der Waals surface area contributed by atoms with Gasteiger partial charge in [-0.1, -0.05) is 24.3 Å². The summed E-state index contributed by atoms with van der Waals surface area (Å²) in [5.74, 6) is 1.47. The van der Waals surface area contributed by atoms with Crippen molar-refractivity contribution in [1.82, 2.24) is 4.90 Å². The van der Waals surface area contributed by atoms with Crippen molar-refractivity contribution in [3.63, 3.8) is 0 Å². The highest BCUT2D eigenvalue weighted by Crippen LogP contribution is 2.16. The molecule has 1 heterocycles. The maximum absolute atomic E-state index is 10.6. The van der Waals surface area contributed by atoms with E-state index in [-0.39, 0.29) is 0 Å². The molecule has 0 amide bonds. The second-order valence-corrected chi connectivity index (χ2v) is 5.48. The van der Waals surface area contributed by atoms with Crippen molar-refractivity contribution in [3.05, 3.63) is 41.5 Å². The minimum absolute atomic E-state index is 0.903. The fraction of sp³-hybridized carbons (Fsp3) is 0.357. The molecule has 0 aromatic heterocycles. The number of hydrogen-bond acceptors (Lipinski definition) is 3. The SMILES string of the molecule is O=C(O)C=Cc1ccccc1CN1CCSCC1. The van der Waals surface area contributed by atoms with Gasteiger partial charge in [0.05, 0.1) is 0 Å². The fourth-order valence-corrected chi connectivity index (χ4v) is 2.98. The van der Waals surface area contributed by atoms with E-state index in [0.717, 1.165) is 25.2 Å². The lowest BCUT2D eigenvalue weighted by atomic mass is 10.1. The van der Waals surface area contributed by atoms with Crippen molar-refractivity contribution in [2.24, 2.45) is 0 Å². The summed E-state index contributed by atoms with van der Waals surface area (Å²) >= 11 is 1.99. The van der Waals surface area contributed by atoms with Crippen LogP contribution in [0.5, 0.6) is 0 Å². The summed E-state index contributed by atoms with van der Waals surface area (Å²) in [6, 6.07) is 7.99. The van der Waals surface area contributed by atoms with Gasteiger partial charge in [-0.3, -0.25) is 4.90 Å². The quantitative estimate of drug-likeness (QED) is 0.846. The molecule has 1 aromatic carbocycles. The first kappa shape index (κ1) is 13.2. The summed E-state index contributed by atoms with van der Waals surface area (Å²) in [7, 11) is 0. The van der Waals surface area contributed by atoms with Gasteiger partial charge in [0, 0.05) is 37.2 Å². The molecular weight excluding hydrogens is 246 g/mol. The standard InChI is InChI=1S/C14H17NO2S/c16-14(17)6-5-12-3-1-2-4-13(12)11-15-7-9-18-10-8-15/h1-6H,7-11H2,(H,16,17). The van der Waals surface area contributed by atoms with E-state index in [0.29, 0.717) is 0 Å². The monoisotopic (exact) mass is 263 g/mol. The van der Waals surface area contributed by atoms with Crippen LogP contribution in [0.2, 0.25) is 0 Å². The Hall–Kier alpha value is -1.26. The third kappa shape index (κ3) is 3.89. The summed E-state index contributed by atoms with van der Waals surface area (Å²) in [5.41, 5.74) is 2.19. The number of rotatable bonds is 4. The molecule has 96 valence electrons. The van der Waals surface area contributed by atoms with Gasteiger partial charge < -0.3 is 5.11 Å². The second-order valence-electron chi connectivity index (χ2n) is 4.26. The van der Waals surface area contributed by atoms with E-state index in [2.05, 4.69) is 11.0 Å². The Labute approximate surface area is 111 Å². The van der Waals surface area contributed by atoms with Gasteiger partial charge in [0.15, 0.2) is 0 Å².